The molecular formula is C24H25N. The maximum Gasteiger partial charge on any atom is 0.0380 e. The molecule has 0 aromatic heterocycles. The molecule has 3 aromatic carbocycles. The van der Waals surface area contributed by atoms with Gasteiger partial charge in [-0.2, -0.15) is 0 Å². The van der Waals surface area contributed by atoms with Crippen molar-refractivity contribution >= 4 is 11.3 Å². The van der Waals surface area contributed by atoms with Gasteiger partial charge < -0.3 is 5.32 Å². The third kappa shape index (κ3) is 4.00. The second-order valence-corrected chi connectivity index (χ2v) is 6.71. The molecule has 0 spiro atoms. The lowest BCUT2D eigenvalue weighted by Crippen LogP contribution is -1.99. The number of nitrogens with one attached hydrogen (secondary N) is 1. The van der Waals surface area contributed by atoms with E-state index in [1.807, 2.05) is 0 Å². The molecule has 0 fully saturated rings. The van der Waals surface area contributed by atoms with Crippen LogP contribution in [-0.2, 0) is 0 Å². The summed E-state index contributed by atoms with van der Waals surface area (Å²) in [6, 6.07) is 23.6. The van der Waals surface area contributed by atoms with Gasteiger partial charge in [-0.25, -0.2) is 0 Å². The summed E-state index contributed by atoms with van der Waals surface area (Å²) in [7, 11) is 0. The van der Waals surface area contributed by atoms with Crippen molar-refractivity contribution in [3.8, 4) is 0 Å². The standard InChI is InChI=1S/C24H25N/c1-17-10-12-22(13-11-17)25-16-23(21-8-6-5-7-9-21)24-19(3)14-18(2)15-20(24)4/h5-16,25H,1-4H3/b23-16+. The highest BCUT2D eigenvalue weighted by Crippen LogP contribution is 2.30. The molecule has 0 aliphatic heterocycles. The van der Waals surface area contributed by atoms with Gasteiger partial charge in [0.05, 0.1) is 0 Å². The second-order valence-electron chi connectivity index (χ2n) is 6.71. The van der Waals surface area contributed by atoms with Crippen LogP contribution in [0, 0.1) is 27.7 Å². The fraction of sp³-hybridized carbons (Fsp3) is 0.167. The predicted molar refractivity (Wildman–Crippen MR) is 109 cm³/mol. The maximum atomic E-state index is 3.48. The zero-order valence-corrected chi connectivity index (χ0v) is 15.4. The summed E-state index contributed by atoms with van der Waals surface area (Å²) < 4.78 is 0. The summed E-state index contributed by atoms with van der Waals surface area (Å²) >= 11 is 0. The van der Waals surface area contributed by atoms with Gasteiger partial charge in [0.1, 0.15) is 0 Å². The van der Waals surface area contributed by atoms with Crippen molar-refractivity contribution in [2.75, 3.05) is 5.32 Å². The SMILES string of the molecule is Cc1ccc(N/C=C(\c2ccccc2)c2c(C)cc(C)cc2C)cc1. The predicted octanol–water partition coefficient (Wildman–Crippen LogP) is 6.42. The van der Waals surface area contributed by atoms with Crippen LogP contribution in [0.1, 0.15) is 33.4 Å². The molecule has 1 heteroatoms. The Morgan fingerprint density at radius 2 is 1.32 bits per heavy atom. The van der Waals surface area contributed by atoms with E-state index in [0.29, 0.717) is 0 Å². The van der Waals surface area contributed by atoms with Crippen LogP contribution < -0.4 is 5.32 Å². The van der Waals surface area contributed by atoms with Gasteiger partial charge in [-0.05, 0) is 62.1 Å². The number of rotatable bonds is 4. The summed E-state index contributed by atoms with van der Waals surface area (Å²) in [6.07, 6.45) is 2.13. The summed E-state index contributed by atoms with van der Waals surface area (Å²) in [5.74, 6) is 0. The van der Waals surface area contributed by atoms with Crippen LogP contribution in [-0.4, -0.2) is 0 Å². The van der Waals surface area contributed by atoms with Crippen LogP contribution in [0.4, 0.5) is 5.69 Å². The van der Waals surface area contributed by atoms with Crippen molar-refractivity contribution in [1.82, 2.24) is 0 Å². The Bertz CT molecular complexity index is 864. The summed E-state index contributed by atoms with van der Waals surface area (Å²) in [6.45, 7) is 8.64. The minimum atomic E-state index is 1.10. The molecule has 0 unspecified atom stereocenters. The monoisotopic (exact) mass is 327 g/mol. The molecule has 0 aliphatic carbocycles. The lowest BCUT2D eigenvalue weighted by Gasteiger charge is -2.16. The quantitative estimate of drug-likeness (QED) is 0.583. The highest BCUT2D eigenvalue weighted by molar-refractivity contribution is 5.84. The van der Waals surface area contributed by atoms with E-state index in [1.54, 1.807) is 0 Å². The van der Waals surface area contributed by atoms with Gasteiger partial charge in [-0.1, -0.05) is 65.7 Å². The number of hydrogen-bond acceptors (Lipinski definition) is 1. The van der Waals surface area contributed by atoms with Crippen molar-refractivity contribution in [3.05, 3.63) is 106 Å². The molecule has 0 saturated carbocycles. The van der Waals surface area contributed by atoms with Crippen LogP contribution >= 0.6 is 0 Å². The van der Waals surface area contributed by atoms with E-state index in [-0.39, 0.29) is 0 Å². The molecule has 0 aliphatic rings. The van der Waals surface area contributed by atoms with E-state index in [2.05, 4.69) is 106 Å². The lowest BCUT2D eigenvalue weighted by atomic mass is 9.90. The summed E-state index contributed by atoms with van der Waals surface area (Å²) in [5, 5.41) is 3.48. The number of hydrogen-bond donors (Lipinski definition) is 1. The van der Waals surface area contributed by atoms with E-state index >= 15 is 0 Å². The second kappa shape index (κ2) is 7.40. The largest absolute Gasteiger partial charge is 0.361 e. The molecule has 1 nitrogen and oxygen atoms in total. The maximum absolute atomic E-state index is 3.48. The van der Waals surface area contributed by atoms with Crippen LogP contribution in [0.3, 0.4) is 0 Å². The Morgan fingerprint density at radius 3 is 1.92 bits per heavy atom. The first-order chi connectivity index (χ1) is 12.0. The Balaban J connectivity index is 2.08. The van der Waals surface area contributed by atoms with Crippen molar-refractivity contribution in [3.63, 3.8) is 0 Å². The van der Waals surface area contributed by atoms with Crippen LogP contribution in [0.5, 0.6) is 0 Å². The molecule has 0 bridgehead atoms. The van der Waals surface area contributed by atoms with Crippen molar-refractivity contribution in [2.45, 2.75) is 27.7 Å². The first-order valence-electron chi connectivity index (χ1n) is 8.71. The highest BCUT2D eigenvalue weighted by Gasteiger charge is 2.11. The minimum absolute atomic E-state index is 1.10. The molecule has 0 saturated heterocycles. The van der Waals surface area contributed by atoms with Gasteiger partial charge in [-0.15, -0.1) is 0 Å². The average Bonchev–Trinajstić information content (AvgIpc) is 2.59. The minimum Gasteiger partial charge on any atom is -0.361 e. The Hall–Kier alpha value is -2.80. The normalized spacial score (nSPS) is 11.4. The van der Waals surface area contributed by atoms with Gasteiger partial charge in [-0.3, -0.25) is 0 Å². The van der Waals surface area contributed by atoms with Crippen molar-refractivity contribution < 1.29 is 0 Å². The molecule has 25 heavy (non-hydrogen) atoms. The number of anilines is 1. The van der Waals surface area contributed by atoms with E-state index < -0.39 is 0 Å². The molecule has 3 aromatic rings. The van der Waals surface area contributed by atoms with Gasteiger partial charge in [0.15, 0.2) is 0 Å². The fourth-order valence-corrected chi connectivity index (χ4v) is 3.33. The van der Waals surface area contributed by atoms with Gasteiger partial charge >= 0.3 is 0 Å². The molecule has 0 atom stereocenters. The molecule has 3 rings (SSSR count). The van der Waals surface area contributed by atoms with Gasteiger partial charge in [0, 0.05) is 17.5 Å². The van der Waals surface area contributed by atoms with Crippen molar-refractivity contribution in [1.29, 1.82) is 0 Å². The third-order valence-electron chi connectivity index (χ3n) is 4.47. The van der Waals surface area contributed by atoms with E-state index in [0.717, 1.165) is 5.69 Å². The number of aryl methyl sites for hydroxylation is 4. The zero-order valence-electron chi connectivity index (χ0n) is 15.4. The topological polar surface area (TPSA) is 12.0 Å². The van der Waals surface area contributed by atoms with Crippen LogP contribution in [0.15, 0.2) is 72.9 Å². The molecule has 1 N–H and O–H groups in total. The fourth-order valence-electron chi connectivity index (χ4n) is 3.33. The Labute approximate surface area is 151 Å². The molecular weight excluding hydrogens is 302 g/mol. The zero-order chi connectivity index (χ0) is 17.8. The molecule has 126 valence electrons. The van der Waals surface area contributed by atoms with Crippen molar-refractivity contribution in [2.24, 2.45) is 0 Å². The lowest BCUT2D eigenvalue weighted by molar-refractivity contribution is 1.28. The van der Waals surface area contributed by atoms with Crippen LogP contribution in [0.25, 0.3) is 5.57 Å². The first kappa shape index (κ1) is 17.0. The van der Waals surface area contributed by atoms with E-state index in [1.165, 1.54) is 39.0 Å². The smallest absolute Gasteiger partial charge is 0.0380 e. The Kier molecular flexibility index (Phi) is 5.04. The molecule has 0 radical (unpaired) electrons. The molecule has 0 amide bonds. The van der Waals surface area contributed by atoms with E-state index in [9.17, 15) is 0 Å². The van der Waals surface area contributed by atoms with Gasteiger partial charge in [0.2, 0.25) is 0 Å². The van der Waals surface area contributed by atoms with Gasteiger partial charge in [0.25, 0.3) is 0 Å². The molecule has 0 heterocycles. The average molecular weight is 327 g/mol. The summed E-state index contributed by atoms with van der Waals surface area (Å²) in [5.41, 5.74) is 10.0. The summed E-state index contributed by atoms with van der Waals surface area (Å²) in [4.78, 5) is 0. The third-order valence-corrected chi connectivity index (χ3v) is 4.47. The first-order valence-corrected chi connectivity index (χ1v) is 8.71. The van der Waals surface area contributed by atoms with E-state index in [4.69, 9.17) is 0 Å². The van der Waals surface area contributed by atoms with Crippen LogP contribution in [0.2, 0.25) is 0 Å². The number of benzene rings is 3. The highest BCUT2D eigenvalue weighted by atomic mass is 14.8. The Morgan fingerprint density at radius 1 is 0.720 bits per heavy atom.